The standard InChI is InChI=1S/C26H27N3O2/c30-24-6-2-1-5-23(24)29-15-21-20(26(29)31)13-18(19-4-3-11-27-25(19)21)12-16-7-10-22(28-14-16)17-8-9-17/h3-4,7,10-11,13-14,17,23-24,30H,1-2,5-6,8-9,12,15H2/t23-,24-/m0/s1. The maximum Gasteiger partial charge on any atom is 0.254 e. The maximum atomic E-state index is 13.4. The Hall–Kier alpha value is -2.79. The van der Waals surface area contributed by atoms with E-state index in [1.807, 2.05) is 17.2 Å². The molecule has 6 rings (SSSR count). The van der Waals surface area contributed by atoms with Crippen LogP contribution in [0.1, 0.15) is 77.2 Å². The molecule has 0 radical (unpaired) electrons. The molecule has 1 aliphatic heterocycles. The summed E-state index contributed by atoms with van der Waals surface area (Å²) in [5.74, 6) is 0.690. The van der Waals surface area contributed by atoms with Gasteiger partial charge in [-0.25, -0.2) is 0 Å². The Labute approximate surface area is 182 Å². The largest absolute Gasteiger partial charge is 0.391 e. The molecule has 5 nitrogen and oxygen atoms in total. The predicted molar refractivity (Wildman–Crippen MR) is 119 cm³/mol. The van der Waals surface area contributed by atoms with E-state index < -0.39 is 6.10 Å². The Balaban J connectivity index is 1.37. The number of rotatable bonds is 4. The van der Waals surface area contributed by atoms with Crippen molar-refractivity contribution in [2.24, 2.45) is 0 Å². The Morgan fingerprint density at radius 3 is 2.71 bits per heavy atom. The second-order valence-corrected chi connectivity index (χ2v) is 9.36. The highest BCUT2D eigenvalue weighted by molar-refractivity contribution is 6.04. The maximum absolute atomic E-state index is 13.4. The Morgan fingerprint density at radius 2 is 1.94 bits per heavy atom. The van der Waals surface area contributed by atoms with Crippen molar-refractivity contribution in [2.75, 3.05) is 0 Å². The smallest absolute Gasteiger partial charge is 0.254 e. The molecule has 3 aliphatic rings. The lowest BCUT2D eigenvalue weighted by Gasteiger charge is -2.35. The van der Waals surface area contributed by atoms with Crippen LogP contribution in [0.25, 0.3) is 10.9 Å². The molecule has 2 aliphatic carbocycles. The highest BCUT2D eigenvalue weighted by atomic mass is 16.3. The third-order valence-corrected chi connectivity index (χ3v) is 7.24. The minimum Gasteiger partial charge on any atom is -0.391 e. The molecule has 0 unspecified atom stereocenters. The van der Waals surface area contributed by atoms with Gasteiger partial charge in [-0.1, -0.05) is 25.0 Å². The SMILES string of the molecule is O=C1c2cc(Cc3ccc(C4CC4)nc3)c3cccnc3c2CN1[C@H]1CCCC[C@@H]1O. The van der Waals surface area contributed by atoms with E-state index in [0.717, 1.165) is 65.3 Å². The van der Waals surface area contributed by atoms with E-state index in [1.165, 1.54) is 18.5 Å². The quantitative estimate of drug-likeness (QED) is 0.690. The zero-order valence-electron chi connectivity index (χ0n) is 17.6. The topological polar surface area (TPSA) is 66.3 Å². The summed E-state index contributed by atoms with van der Waals surface area (Å²) in [6.45, 7) is 0.543. The van der Waals surface area contributed by atoms with Gasteiger partial charge in [-0.05, 0) is 61.4 Å². The van der Waals surface area contributed by atoms with Gasteiger partial charge in [0.15, 0.2) is 0 Å². The lowest BCUT2D eigenvalue weighted by molar-refractivity contribution is 0.0192. The van der Waals surface area contributed by atoms with E-state index in [1.54, 1.807) is 6.20 Å². The normalized spacial score (nSPS) is 23.4. The van der Waals surface area contributed by atoms with Crippen molar-refractivity contribution in [3.05, 3.63) is 70.7 Å². The van der Waals surface area contributed by atoms with Crippen LogP contribution in [0.15, 0.2) is 42.7 Å². The van der Waals surface area contributed by atoms with Crippen molar-refractivity contribution >= 4 is 16.8 Å². The monoisotopic (exact) mass is 413 g/mol. The van der Waals surface area contributed by atoms with Crippen LogP contribution in [0.2, 0.25) is 0 Å². The number of aliphatic hydroxyl groups is 1. The van der Waals surface area contributed by atoms with Crippen molar-refractivity contribution in [3.63, 3.8) is 0 Å². The zero-order chi connectivity index (χ0) is 20.9. The average molecular weight is 414 g/mol. The molecule has 2 saturated carbocycles. The van der Waals surface area contributed by atoms with Gasteiger partial charge in [-0.3, -0.25) is 14.8 Å². The Kier molecular flexibility index (Phi) is 4.53. The fourth-order valence-electron chi connectivity index (χ4n) is 5.37. The van der Waals surface area contributed by atoms with Gasteiger partial charge in [-0.2, -0.15) is 0 Å². The van der Waals surface area contributed by atoms with E-state index in [9.17, 15) is 9.90 Å². The second-order valence-electron chi connectivity index (χ2n) is 9.36. The van der Waals surface area contributed by atoms with Crippen LogP contribution in [0.3, 0.4) is 0 Å². The average Bonchev–Trinajstić information content (AvgIpc) is 3.60. The molecule has 158 valence electrons. The summed E-state index contributed by atoms with van der Waals surface area (Å²) in [7, 11) is 0. The lowest BCUT2D eigenvalue weighted by Crippen LogP contribution is -2.45. The number of nitrogens with zero attached hydrogens (tertiary/aromatic N) is 3. The summed E-state index contributed by atoms with van der Waals surface area (Å²) in [6.07, 6.45) is 10.3. The van der Waals surface area contributed by atoms with Crippen molar-refractivity contribution in [3.8, 4) is 0 Å². The molecule has 0 bridgehead atoms. The molecule has 1 amide bonds. The van der Waals surface area contributed by atoms with Crippen LogP contribution in [-0.2, 0) is 13.0 Å². The minimum absolute atomic E-state index is 0.0389. The molecule has 2 aromatic heterocycles. The van der Waals surface area contributed by atoms with Gasteiger partial charge >= 0.3 is 0 Å². The van der Waals surface area contributed by atoms with E-state index in [0.29, 0.717) is 12.5 Å². The summed E-state index contributed by atoms with van der Waals surface area (Å²) < 4.78 is 0. The van der Waals surface area contributed by atoms with Crippen LogP contribution < -0.4 is 0 Å². The molecule has 0 saturated heterocycles. The summed E-state index contributed by atoms with van der Waals surface area (Å²) in [5, 5.41) is 11.6. The number of benzene rings is 1. The van der Waals surface area contributed by atoms with Gasteiger partial charge < -0.3 is 10.0 Å². The zero-order valence-corrected chi connectivity index (χ0v) is 17.6. The van der Waals surface area contributed by atoms with Crippen LogP contribution in [0.4, 0.5) is 0 Å². The number of carbonyl (C=O) groups excluding carboxylic acids is 1. The summed E-state index contributed by atoms with van der Waals surface area (Å²) in [6, 6.07) is 10.4. The molecule has 31 heavy (non-hydrogen) atoms. The molecule has 3 heterocycles. The summed E-state index contributed by atoms with van der Waals surface area (Å²) in [4.78, 5) is 24.6. The van der Waals surface area contributed by atoms with Gasteiger partial charge in [0.1, 0.15) is 0 Å². The molecule has 0 spiro atoms. The van der Waals surface area contributed by atoms with Gasteiger partial charge in [0.05, 0.1) is 17.7 Å². The molecule has 2 atom stereocenters. The third kappa shape index (κ3) is 3.32. The lowest BCUT2D eigenvalue weighted by atomic mass is 9.91. The number of aliphatic hydroxyl groups excluding tert-OH is 1. The first-order valence-corrected chi connectivity index (χ1v) is 11.5. The molecule has 3 aromatic rings. The molecular formula is C26H27N3O2. The van der Waals surface area contributed by atoms with Crippen LogP contribution in [0, 0.1) is 0 Å². The van der Waals surface area contributed by atoms with Crippen LogP contribution in [0.5, 0.6) is 0 Å². The summed E-state index contributed by atoms with van der Waals surface area (Å²) in [5.41, 5.74) is 6.13. The number of aromatic nitrogens is 2. The van der Waals surface area contributed by atoms with Gasteiger partial charge in [0, 0.05) is 47.1 Å². The van der Waals surface area contributed by atoms with Gasteiger partial charge in [0.2, 0.25) is 0 Å². The van der Waals surface area contributed by atoms with Gasteiger partial charge in [0.25, 0.3) is 5.91 Å². The molecule has 1 N–H and O–H groups in total. The van der Waals surface area contributed by atoms with Crippen LogP contribution >= 0.6 is 0 Å². The third-order valence-electron chi connectivity index (χ3n) is 7.24. The number of carbonyl (C=O) groups is 1. The number of hydrogen-bond acceptors (Lipinski definition) is 4. The van der Waals surface area contributed by atoms with E-state index in [-0.39, 0.29) is 11.9 Å². The van der Waals surface area contributed by atoms with Crippen molar-refractivity contribution < 1.29 is 9.90 Å². The number of hydrogen-bond donors (Lipinski definition) is 1. The van der Waals surface area contributed by atoms with Crippen molar-refractivity contribution in [1.82, 2.24) is 14.9 Å². The van der Waals surface area contributed by atoms with Crippen LogP contribution in [-0.4, -0.2) is 38.0 Å². The number of pyridine rings is 2. The highest BCUT2D eigenvalue weighted by Crippen LogP contribution is 2.39. The number of amides is 1. The first kappa shape index (κ1) is 18.9. The van der Waals surface area contributed by atoms with E-state index in [2.05, 4.69) is 34.2 Å². The Bertz CT molecular complexity index is 1150. The summed E-state index contributed by atoms with van der Waals surface area (Å²) >= 11 is 0. The van der Waals surface area contributed by atoms with Crippen molar-refractivity contribution in [2.45, 2.75) is 69.6 Å². The predicted octanol–water partition coefficient (Wildman–Crippen LogP) is 4.36. The number of fused-ring (bicyclic) bond motifs is 3. The fourth-order valence-corrected chi connectivity index (χ4v) is 5.37. The second kappa shape index (κ2) is 7.41. The highest BCUT2D eigenvalue weighted by Gasteiger charge is 2.38. The molecule has 2 fully saturated rings. The first-order chi connectivity index (χ1) is 15.2. The Morgan fingerprint density at radius 1 is 1.06 bits per heavy atom. The van der Waals surface area contributed by atoms with E-state index >= 15 is 0 Å². The van der Waals surface area contributed by atoms with Gasteiger partial charge in [-0.15, -0.1) is 0 Å². The molecular weight excluding hydrogens is 386 g/mol. The first-order valence-electron chi connectivity index (χ1n) is 11.5. The van der Waals surface area contributed by atoms with Crippen molar-refractivity contribution in [1.29, 1.82) is 0 Å². The molecule has 5 heteroatoms. The minimum atomic E-state index is -0.429. The fraction of sp³-hybridized carbons (Fsp3) is 0.423. The van der Waals surface area contributed by atoms with E-state index in [4.69, 9.17) is 0 Å². The molecule has 1 aromatic carbocycles.